The Balaban J connectivity index is 2.27. The highest BCUT2D eigenvalue weighted by atomic mass is 32.2. The second-order valence-corrected chi connectivity index (χ2v) is 6.48. The van der Waals surface area contributed by atoms with Crippen LogP contribution in [0, 0.1) is 5.92 Å². The van der Waals surface area contributed by atoms with Crippen LogP contribution in [0.3, 0.4) is 0 Å². The zero-order valence-electron chi connectivity index (χ0n) is 10.8. The maximum atomic E-state index is 11.9. The fourth-order valence-electron chi connectivity index (χ4n) is 1.76. The van der Waals surface area contributed by atoms with Crippen LogP contribution in [0.1, 0.15) is 13.8 Å². The van der Waals surface area contributed by atoms with Gasteiger partial charge in [0.25, 0.3) is 0 Å². The number of aromatic nitrogens is 1. The molecule has 0 bridgehead atoms. The number of rotatable bonds is 5. The third-order valence-electron chi connectivity index (χ3n) is 2.46. The van der Waals surface area contributed by atoms with Crippen LogP contribution in [0.15, 0.2) is 41.1 Å². The molecule has 0 atom stereocenters. The Bertz CT molecular complexity index is 633. The van der Waals surface area contributed by atoms with Crippen molar-refractivity contribution in [2.45, 2.75) is 13.8 Å². The topological polar surface area (TPSA) is 72.2 Å². The number of anilines is 1. The van der Waals surface area contributed by atoms with Crippen molar-refractivity contribution >= 4 is 15.9 Å². The Morgan fingerprint density at radius 1 is 1.26 bits per heavy atom. The molecule has 1 aromatic heterocycles. The van der Waals surface area contributed by atoms with Gasteiger partial charge in [-0.05, 0) is 11.5 Å². The molecule has 0 saturated carbocycles. The van der Waals surface area contributed by atoms with Crippen LogP contribution in [0.25, 0.3) is 11.1 Å². The highest BCUT2D eigenvalue weighted by Gasteiger charge is 2.18. The Morgan fingerprint density at radius 3 is 2.58 bits per heavy atom. The molecule has 0 spiro atoms. The van der Waals surface area contributed by atoms with E-state index in [1.165, 1.54) is 6.20 Å². The van der Waals surface area contributed by atoms with Crippen molar-refractivity contribution in [1.29, 1.82) is 0 Å². The zero-order valence-corrected chi connectivity index (χ0v) is 11.6. The number of hydrogen-bond acceptors (Lipinski definition) is 4. The van der Waals surface area contributed by atoms with Gasteiger partial charge >= 0.3 is 0 Å². The number of nitrogens with one attached hydrogen (secondary N) is 1. The van der Waals surface area contributed by atoms with E-state index < -0.39 is 10.0 Å². The minimum absolute atomic E-state index is 0.0422. The minimum Gasteiger partial charge on any atom is -0.337 e. The lowest BCUT2D eigenvalue weighted by molar-refractivity contribution is 0.435. The van der Waals surface area contributed by atoms with Crippen molar-refractivity contribution < 1.29 is 12.9 Å². The van der Waals surface area contributed by atoms with Crippen molar-refractivity contribution in [3.63, 3.8) is 0 Å². The van der Waals surface area contributed by atoms with E-state index in [1.807, 2.05) is 44.2 Å². The second-order valence-electron chi connectivity index (χ2n) is 4.71. The molecule has 1 aromatic carbocycles. The van der Waals surface area contributed by atoms with Crippen LogP contribution < -0.4 is 4.72 Å². The number of nitrogens with zero attached hydrogens (tertiary/aromatic N) is 1. The number of benzene rings is 1. The molecule has 19 heavy (non-hydrogen) atoms. The predicted molar refractivity (Wildman–Crippen MR) is 74.2 cm³/mol. The average Bonchev–Trinajstić information content (AvgIpc) is 2.75. The van der Waals surface area contributed by atoms with Gasteiger partial charge in [-0.15, -0.1) is 0 Å². The number of hydrogen-bond donors (Lipinski definition) is 1. The Labute approximate surface area is 112 Å². The van der Waals surface area contributed by atoms with Crippen molar-refractivity contribution in [1.82, 2.24) is 5.16 Å². The van der Waals surface area contributed by atoms with Gasteiger partial charge < -0.3 is 4.52 Å². The molecule has 0 aliphatic rings. The standard InChI is InChI=1S/C13H16N2O3S/c1-10(2)9-19(16,17)15-13-12(8-14-18-13)11-6-4-3-5-7-11/h3-8,10,15H,9H2,1-2H3. The summed E-state index contributed by atoms with van der Waals surface area (Å²) in [5.41, 5.74) is 1.49. The lowest BCUT2D eigenvalue weighted by Gasteiger charge is -2.08. The van der Waals surface area contributed by atoms with Crippen LogP contribution >= 0.6 is 0 Å². The van der Waals surface area contributed by atoms with E-state index in [9.17, 15) is 8.42 Å². The van der Waals surface area contributed by atoms with Gasteiger partial charge in [0.05, 0.1) is 17.5 Å². The lowest BCUT2D eigenvalue weighted by Crippen LogP contribution is -2.20. The van der Waals surface area contributed by atoms with Crippen molar-refractivity contribution in [2.24, 2.45) is 5.92 Å². The molecular formula is C13H16N2O3S. The van der Waals surface area contributed by atoms with Crippen LogP contribution in [-0.2, 0) is 10.0 Å². The maximum absolute atomic E-state index is 11.9. The third-order valence-corrected chi connectivity index (χ3v) is 4.06. The van der Waals surface area contributed by atoms with E-state index >= 15 is 0 Å². The zero-order chi connectivity index (χ0) is 13.9. The van der Waals surface area contributed by atoms with E-state index in [0.717, 1.165) is 5.56 Å². The summed E-state index contributed by atoms with van der Waals surface area (Å²) in [4.78, 5) is 0. The smallest absolute Gasteiger partial charge is 0.245 e. The van der Waals surface area contributed by atoms with Gasteiger partial charge in [0, 0.05) is 0 Å². The molecule has 0 amide bonds. The van der Waals surface area contributed by atoms with Crippen molar-refractivity contribution in [3.8, 4) is 11.1 Å². The predicted octanol–water partition coefficient (Wildman–Crippen LogP) is 2.74. The fourth-order valence-corrected chi connectivity index (χ4v) is 3.15. The van der Waals surface area contributed by atoms with E-state index in [0.29, 0.717) is 5.56 Å². The first-order valence-electron chi connectivity index (χ1n) is 5.98. The second kappa shape index (κ2) is 5.44. The summed E-state index contributed by atoms with van der Waals surface area (Å²) in [6, 6.07) is 9.36. The van der Waals surface area contributed by atoms with Gasteiger partial charge in [-0.25, -0.2) is 8.42 Å². The molecule has 2 rings (SSSR count). The Morgan fingerprint density at radius 2 is 1.95 bits per heavy atom. The van der Waals surface area contributed by atoms with Gasteiger partial charge in [-0.2, -0.15) is 0 Å². The summed E-state index contributed by atoms with van der Waals surface area (Å²) < 4.78 is 31.2. The normalized spacial score (nSPS) is 11.7. The summed E-state index contributed by atoms with van der Waals surface area (Å²) in [6.07, 6.45) is 1.50. The largest absolute Gasteiger partial charge is 0.337 e. The van der Waals surface area contributed by atoms with E-state index in [-0.39, 0.29) is 17.6 Å². The van der Waals surface area contributed by atoms with Crippen LogP contribution in [-0.4, -0.2) is 19.3 Å². The summed E-state index contributed by atoms with van der Waals surface area (Å²) in [7, 11) is -3.42. The van der Waals surface area contributed by atoms with Crippen LogP contribution in [0.2, 0.25) is 0 Å². The van der Waals surface area contributed by atoms with Crippen molar-refractivity contribution in [2.75, 3.05) is 10.5 Å². The molecule has 0 saturated heterocycles. The Hall–Kier alpha value is -1.82. The maximum Gasteiger partial charge on any atom is 0.245 e. The molecule has 1 heterocycles. The summed E-state index contributed by atoms with van der Waals surface area (Å²) in [6.45, 7) is 3.69. The van der Waals surface area contributed by atoms with Crippen molar-refractivity contribution in [3.05, 3.63) is 36.5 Å². The third kappa shape index (κ3) is 3.57. The fraction of sp³-hybridized carbons (Fsp3) is 0.308. The first-order valence-corrected chi connectivity index (χ1v) is 7.64. The molecule has 2 aromatic rings. The van der Waals surface area contributed by atoms with Gasteiger partial charge in [0.1, 0.15) is 0 Å². The highest BCUT2D eigenvalue weighted by Crippen LogP contribution is 2.28. The van der Waals surface area contributed by atoms with Crippen LogP contribution in [0.5, 0.6) is 0 Å². The van der Waals surface area contributed by atoms with Gasteiger partial charge in [-0.3, -0.25) is 4.72 Å². The summed E-state index contributed by atoms with van der Waals surface area (Å²) >= 11 is 0. The highest BCUT2D eigenvalue weighted by molar-refractivity contribution is 7.92. The molecular weight excluding hydrogens is 264 g/mol. The molecule has 6 heteroatoms. The van der Waals surface area contributed by atoms with Crippen LogP contribution in [0.4, 0.5) is 5.88 Å². The quantitative estimate of drug-likeness (QED) is 0.914. The molecule has 0 aliphatic carbocycles. The number of sulfonamides is 1. The van der Waals surface area contributed by atoms with Gasteiger partial charge in [-0.1, -0.05) is 49.3 Å². The monoisotopic (exact) mass is 280 g/mol. The van der Waals surface area contributed by atoms with E-state index in [2.05, 4.69) is 9.88 Å². The Kier molecular flexibility index (Phi) is 3.90. The summed E-state index contributed by atoms with van der Waals surface area (Å²) in [5.74, 6) is 0.245. The molecule has 5 nitrogen and oxygen atoms in total. The minimum atomic E-state index is -3.42. The summed E-state index contributed by atoms with van der Waals surface area (Å²) in [5, 5.41) is 3.66. The molecule has 0 aliphatic heterocycles. The molecule has 0 unspecified atom stereocenters. The SMILES string of the molecule is CC(C)CS(=O)(=O)Nc1oncc1-c1ccccc1. The first-order chi connectivity index (χ1) is 8.98. The first kappa shape index (κ1) is 13.6. The molecule has 102 valence electrons. The van der Waals surface area contributed by atoms with Gasteiger partial charge in [0.15, 0.2) is 0 Å². The molecule has 0 radical (unpaired) electrons. The molecule has 1 N–H and O–H groups in total. The average molecular weight is 280 g/mol. The lowest BCUT2D eigenvalue weighted by atomic mass is 10.1. The van der Waals surface area contributed by atoms with E-state index in [4.69, 9.17) is 4.52 Å². The van der Waals surface area contributed by atoms with Gasteiger partial charge in [0.2, 0.25) is 15.9 Å². The molecule has 0 fully saturated rings. The van der Waals surface area contributed by atoms with E-state index in [1.54, 1.807) is 0 Å².